The molecule has 0 aliphatic heterocycles. The van der Waals surface area contributed by atoms with Crippen LogP contribution in [0.25, 0.3) is 11.1 Å². The van der Waals surface area contributed by atoms with Gasteiger partial charge in [0.1, 0.15) is 12.2 Å². The molecule has 0 saturated carbocycles. The van der Waals surface area contributed by atoms with Crippen LogP contribution in [0, 0.1) is 19.8 Å². The van der Waals surface area contributed by atoms with Gasteiger partial charge in [-0.2, -0.15) is 0 Å². The number of hydrogen-bond donors (Lipinski definition) is 2. The van der Waals surface area contributed by atoms with E-state index in [1.807, 2.05) is 89.2 Å². The first-order valence-corrected chi connectivity index (χ1v) is 13.0. The van der Waals surface area contributed by atoms with Crippen LogP contribution in [0.3, 0.4) is 0 Å². The number of carbonyl (C=O) groups excluding carboxylic acids is 2. The minimum absolute atomic E-state index is 0.150. The van der Waals surface area contributed by atoms with E-state index in [2.05, 4.69) is 24.5 Å². The molecule has 2 amide bonds. The van der Waals surface area contributed by atoms with Crippen molar-refractivity contribution in [2.24, 2.45) is 5.92 Å². The maximum absolute atomic E-state index is 12.9. The molecule has 2 N–H and O–H groups in total. The third-order valence-corrected chi connectivity index (χ3v) is 5.75. The summed E-state index contributed by atoms with van der Waals surface area (Å²) in [6, 6.07) is 17.6. The molecule has 1 heterocycles. The number of amides is 2. The van der Waals surface area contributed by atoms with Gasteiger partial charge in [0.05, 0.1) is 11.4 Å². The monoisotopic (exact) mass is 517 g/mol. The van der Waals surface area contributed by atoms with Crippen molar-refractivity contribution in [3.05, 3.63) is 82.7 Å². The molecule has 3 rings (SSSR count). The predicted molar refractivity (Wildman–Crippen MR) is 151 cm³/mol. The molecule has 202 valence electrons. The molecule has 0 saturated heterocycles. The number of alkyl carbamates (subject to hydrolysis) is 1. The van der Waals surface area contributed by atoms with Crippen LogP contribution in [-0.4, -0.2) is 22.8 Å². The van der Waals surface area contributed by atoms with E-state index in [1.54, 1.807) is 0 Å². The summed E-state index contributed by atoms with van der Waals surface area (Å²) in [7, 11) is 0. The van der Waals surface area contributed by atoms with Gasteiger partial charge in [0.2, 0.25) is 0 Å². The van der Waals surface area contributed by atoms with E-state index >= 15 is 0 Å². The van der Waals surface area contributed by atoms with Crippen molar-refractivity contribution >= 4 is 17.9 Å². The number of hydrogen-bond acceptors (Lipinski definition) is 5. The van der Waals surface area contributed by atoms with Gasteiger partial charge in [-0.3, -0.25) is 10.3 Å². The molecule has 7 heteroatoms. The molecule has 0 spiro atoms. The molecule has 7 nitrogen and oxygen atoms in total. The average molecular weight is 518 g/mol. The number of nitrogens with zero attached hydrogens (tertiary/aromatic N) is 1. The molecule has 0 aliphatic rings. The van der Waals surface area contributed by atoms with Gasteiger partial charge in [-0.1, -0.05) is 74.0 Å². The van der Waals surface area contributed by atoms with E-state index in [1.165, 1.54) is 0 Å². The maximum Gasteiger partial charge on any atom is 0.412 e. The lowest BCUT2D eigenvalue weighted by Crippen LogP contribution is -2.32. The smallest absolute Gasteiger partial charge is 0.412 e. The highest BCUT2D eigenvalue weighted by molar-refractivity contribution is 5.94. The van der Waals surface area contributed by atoms with Crippen molar-refractivity contribution in [3.63, 3.8) is 0 Å². The third kappa shape index (κ3) is 8.33. The first-order chi connectivity index (χ1) is 17.9. The highest BCUT2D eigenvalue weighted by Gasteiger charge is 2.23. The molecular weight excluding hydrogens is 478 g/mol. The number of rotatable bonds is 8. The zero-order valence-corrected chi connectivity index (χ0v) is 23.5. The van der Waals surface area contributed by atoms with Crippen molar-refractivity contribution in [3.8, 4) is 11.1 Å². The van der Waals surface area contributed by atoms with Gasteiger partial charge < -0.3 is 14.8 Å². The Kier molecular flexibility index (Phi) is 9.50. The van der Waals surface area contributed by atoms with Crippen molar-refractivity contribution in [2.45, 2.75) is 73.6 Å². The van der Waals surface area contributed by atoms with Crippen molar-refractivity contribution in [1.82, 2.24) is 10.3 Å². The molecule has 0 fully saturated rings. The van der Waals surface area contributed by atoms with Crippen molar-refractivity contribution < 1.29 is 19.1 Å². The van der Waals surface area contributed by atoms with Crippen molar-refractivity contribution in [1.29, 1.82) is 0 Å². The third-order valence-electron chi connectivity index (χ3n) is 5.75. The number of benzene rings is 2. The Morgan fingerprint density at radius 2 is 1.61 bits per heavy atom. The van der Waals surface area contributed by atoms with Crippen LogP contribution in [0.15, 0.2) is 54.6 Å². The summed E-state index contributed by atoms with van der Waals surface area (Å²) in [5.74, 6) is 0.336. The van der Waals surface area contributed by atoms with Gasteiger partial charge >= 0.3 is 12.2 Å². The second-order valence-corrected chi connectivity index (χ2v) is 10.9. The molecule has 0 unspecified atom stereocenters. The quantitative estimate of drug-likeness (QED) is 0.326. The number of aromatic nitrogens is 1. The fraction of sp³-hybridized carbons (Fsp3) is 0.387. The van der Waals surface area contributed by atoms with Crippen LogP contribution < -0.4 is 10.6 Å². The normalized spacial score (nSPS) is 11.3. The Hall–Kier alpha value is -3.87. The van der Waals surface area contributed by atoms with Gasteiger partial charge in [0.25, 0.3) is 0 Å². The molecule has 0 atom stereocenters. The second kappa shape index (κ2) is 12.6. The lowest BCUT2D eigenvalue weighted by atomic mass is 9.92. The number of anilines is 1. The van der Waals surface area contributed by atoms with Crippen LogP contribution in [0.4, 0.5) is 15.3 Å². The molecule has 2 aromatic carbocycles. The predicted octanol–water partition coefficient (Wildman–Crippen LogP) is 7.34. The number of aryl methyl sites for hydroxylation is 2. The molecule has 0 aliphatic carbocycles. The summed E-state index contributed by atoms with van der Waals surface area (Å²) in [6.45, 7) is 14.0. The minimum atomic E-state index is -0.620. The molecular formula is C31H39N3O4. The minimum Gasteiger partial charge on any atom is -0.444 e. The summed E-state index contributed by atoms with van der Waals surface area (Å²) in [6.07, 6.45) is -0.376. The Morgan fingerprint density at radius 3 is 2.21 bits per heavy atom. The first kappa shape index (κ1) is 28.7. The van der Waals surface area contributed by atoms with E-state index in [0.29, 0.717) is 23.7 Å². The molecule has 3 aromatic rings. The highest BCUT2D eigenvalue weighted by atomic mass is 16.6. The van der Waals surface area contributed by atoms with E-state index in [9.17, 15) is 9.59 Å². The number of pyridine rings is 1. The second-order valence-electron chi connectivity index (χ2n) is 10.9. The molecule has 38 heavy (non-hydrogen) atoms. The maximum atomic E-state index is 12.9. The Bertz CT molecular complexity index is 1250. The summed E-state index contributed by atoms with van der Waals surface area (Å²) in [5, 5.41) is 5.83. The molecule has 1 aromatic heterocycles. The molecule has 0 bridgehead atoms. The van der Waals surface area contributed by atoms with E-state index in [-0.39, 0.29) is 13.2 Å². The summed E-state index contributed by atoms with van der Waals surface area (Å²) in [5.41, 5.74) is 6.04. The summed E-state index contributed by atoms with van der Waals surface area (Å²) in [4.78, 5) is 30.4. The van der Waals surface area contributed by atoms with Gasteiger partial charge in [-0.25, -0.2) is 9.59 Å². The van der Waals surface area contributed by atoms with Crippen LogP contribution in [0.2, 0.25) is 0 Å². The number of carbonyl (C=O) groups is 2. The standard InChI is InChI=1S/C31H39N3O4/c1-20(2)17-26-25(18-32-29(35)38-31(5,6)7)27(24-15-13-21(3)14-16-24)28(22(4)33-26)34-30(36)37-19-23-11-9-8-10-12-23/h8-16,20H,17-19H2,1-7H3,(H,32,35)(H,34,36). The van der Waals surface area contributed by atoms with Crippen LogP contribution in [-0.2, 0) is 29.0 Å². The fourth-order valence-electron chi connectivity index (χ4n) is 4.08. The number of ether oxygens (including phenoxy) is 2. The van der Waals surface area contributed by atoms with E-state index in [0.717, 1.165) is 33.5 Å². The van der Waals surface area contributed by atoms with Gasteiger partial charge in [-0.05, 0) is 58.1 Å². The zero-order valence-electron chi connectivity index (χ0n) is 23.5. The Labute approximate surface area is 226 Å². The van der Waals surface area contributed by atoms with Gasteiger partial charge in [-0.15, -0.1) is 0 Å². The van der Waals surface area contributed by atoms with Gasteiger partial charge in [0, 0.05) is 23.4 Å². The lowest BCUT2D eigenvalue weighted by Gasteiger charge is -2.23. The summed E-state index contributed by atoms with van der Waals surface area (Å²) < 4.78 is 11.0. The van der Waals surface area contributed by atoms with Crippen LogP contribution in [0.1, 0.15) is 62.7 Å². The number of nitrogens with one attached hydrogen (secondary N) is 2. The zero-order chi connectivity index (χ0) is 27.9. The first-order valence-electron chi connectivity index (χ1n) is 13.0. The Balaban J connectivity index is 2.03. The SMILES string of the molecule is Cc1ccc(-c2c(CNC(=O)OC(C)(C)C)c(CC(C)C)nc(C)c2NC(=O)OCc2ccccc2)cc1. The highest BCUT2D eigenvalue weighted by Crippen LogP contribution is 2.36. The largest absolute Gasteiger partial charge is 0.444 e. The topological polar surface area (TPSA) is 89.5 Å². The van der Waals surface area contributed by atoms with E-state index < -0.39 is 17.8 Å². The summed E-state index contributed by atoms with van der Waals surface area (Å²) >= 11 is 0. The fourth-order valence-corrected chi connectivity index (χ4v) is 4.08. The van der Waals surface area contributed by atoms with Crippen LogP contribution >= 0.6 is 0 Å². The average Bonchev–Trinajstić information content (AvgIpc) is 2.83. The Morgan fingerprint density at radius 1 is 0.947 bits per heavy atom. The lowest BCUT2D eigenvalue weighted by molar-refractivity contribution is 0.0523. The molecule has 0 radical (unpaired) electrons. The van der Waals surface area contributed by atoms with Crippen LogP contribution in [0.5, 0.6) is 0 Å². The van der Waals surface area contributed by atoms with Gasteiger partial charge in [0.15, 0.2) is 0 Å². The van der Waals surface area contributed by atoms with E-state index in [4.69, 9.17) is 14.5 Å². The van der Waals surface area contributed by atoms with Crippen molar-refractivity contribution in [2.75, 3.05) is 5.32 Å².